The Labute approximate surface area is 172 Å². The van der Waals surface area contributed by atoms with Crippen LogP contribution in [0.1, 0.15) is 32.8 Å². The second-order valence-electron chi connectivity index (χ2n) is 7.24. The van der Waals surface area contributed by atoms with Gasteiger partial charge in [0.1, 0.15) is 12.4 Å². The monoisotopic (exact) mass is 407 g/mol. The van der Waals surface area contributed by atoms with Crippen molar-refractivity contribution in [2.45, 2.75) is 39.3 Å². The molecule has 0 spiro atoms. The van der Waals surface area contributed by atoms with Gasteiger partial charge in [-0.25, -0.2) is 0 Å². The molecule has 1 rings (SSSR count). The Morgan fingerprint density at radius 2 is 2.04 bits per heavy atom. The topological polar surface area (TPSA) is 82.4 Å². The van der Waals surface area contributed by atoms with Crippen LogP contribution in [0, 0.1) is 29.1 Å². The van der Waals surface area contributed by atoms with E-state index in [1.807, 2.05) is 27.0 Å². The van der Waals surface area contributed by atoms with Crippen LogP contribution in [0.15, 0.2) is 18.2 Å². The van der Waals surface area contributed by atoms with Gasteiger partial charge in [-0.1, -0.05) is 25.4 Å². The molecule has 0 aliphatic rings. The minimum absolute atomic E-state index is 0.0233. The summed E-state index contributed by atoms with van der Waals surface area (Å²) in [6, 6.07) is 6.92. The van der Waals surface area contributed by atoms with Gasteiger partial charge < -0.3 is 19.7 Å². The van der Waals surface area contributed by atoms with E-state index in [1.54, 1.807) is 39.3 Å². The van der Waals surface area contributed by atoms with Gasteiger partial charge in [0, 0.05) is 31.8 Å². The fourth-order valence-corrected chi connectivity index (χ4v) is 3.70. The number of ether oxygens (including phenoxy) is 1. The molecule has 28 heavy (non-hydrogen) atoms. The number of benzene rings is 1. The first-order valence-corrected chi connectivity index (χ1v) is 9.72. The predicted molar refractivity (Wildman–Crippen MR) is 111 cm³/mol. The van der Waals surface area contributed by atoms with Gasteiger partial charge in [-0.3, -0.25) is 4.79 Å². The van der Waals surface area contributed by atoms with Crippen molar-refractivity contribution in [3.63, 3.8) is 0 Å². The Morgan fingerprint density at radius 3 is 2.50 bits per heavy atom. The van der Waals surface area contributed by atoms with E-state index in [1.165, 1.54) is 4.90 Å². The summed E-state index contributed by atoms with van der Waals surface area (Å²) in [5, 5.41) is 12.5. The molecule has 1 N–H and O–H groups in total. The molecule has 0 aromatic heterocycles. The number of amides is 1. The number of aldehydes is 1. The SMILES string of the molecule is CNC(CC(C)[C@H](C(=O)N(C)c1ccc(C#N)c(Cl)c1)[C@@H](C)C=O)C(C)OC. The maximum Gasteiger partial charge on any atom is 0.230 e. The number of nitrogens with one attached hydrogen (secondary N) is 1. The van der Waals surface area contributed by atoms with Crippen LogP contribution in [-0.2, 0) is 14.3 Å². The number of rotatable bonds is 10. The summed E-state index contributed by atoms with van der Waals surface area (Å²) in [5.74, 6) is -1.14. The van der Waals surface area contributed by atoms with Crippen LogP contribution >= 0.6 is 11.6 Å². The molecule has 0 aliphatic carbocycles. The molecule has 0 bridgehead atoms. The van der Waals surface area contributed by atoms with Crippen molar-refractivity contribution in [2.24, 2.45) is 17.8 Å². The average molecular weight is 408 g/mol. The van der Waals surface area contributed by atoms with Gasteiger partial charge in [0.2, 0.25) is 5.91 Å². The maximum atomic E-state index is 13.3. The zero-order valence-electron chi connectivity index (χ0n) is 17.4. The quantitative estimate of drug-likeness (QED) is 0.602. The number of nitriles is 1. The first-order chi connectivity index (χ1) is 13.2. The first kappa shape index (κ1) is 24.1. The third kappa shape index (κ3) is 5.78. The number of carbonyl (C=O) groups excluding carboxylic acids is 2. The molecule has 0 heterocycles. The summed E-state index contributed by atoms with van der Waals surface area (Å²) >= 11 is 6.11. The summed E-state index contributed by atoms with van der Waals surface area (Å²) in [4.78, 5) is 26.3. The molecule has 0 saturated carbocycles. The van der Waals surface area contributed by atoms with E-state index in [0.717, 1.165) is 6.29 Å². The molecule has 3 unspecified atom stereocenters. The van der Waals surface area contributed by atoms with Gasteiger partial charge in [0.15, 0.2) is 0 Å². The van der Waals surface area contributed by atoms with Crippen molar-refractivity contribution in [3.05, 3.63) is 28.8 Å². The Balaban J connectivity index is 3.11. The molecule has 0 saturated heterocycles. The lowest BCUT2D eigenvalue weighted by atomic mass is 9.79. The second kappa shape index (κ2) is 11.2. The highest BCUT2D eigenvalue weighted by Gasteiger charge is 2.35. The zero-order valence-corrected chi connectivity index (χ0v) is 18.2. The van der Waals surface area contributed by atoms with Crippen LogP contribution in [0.3, 0.4) is 0 Å². The summed E-state index contributed by atoms with van der Waals surface area (Å²) in [5.41, 5.74) is 0.933. The first-order valence-electron chi connectivity index (χ1n) is 9.34. The number of methoxy groups -OCH3 is 1. The highest BCUT2D eigenvalue weighted by Crippen LogP contribution is 2.30. The lowest BCUT2D eigenvalue weighted by Crippen LogP contribution is -2.44. The largest absolute Gasteiger partial charge is 0.380 e. The third-order valence-electron chi connectivity index (χ3n) is 5.41. The summed E-state index contributed by atoms with van der Waals surface area (Å²) in [6.07, 6.45) is 1.49. The lowest BCUT2D eigenvalue weighted by Gasteiger charge is -2.33. The number of halogens is 1. The van der Waals surface area contributed by atoms with Gasteiger partial charge in [0.05, 0.1) is 22.6 Å². The highest BCUT2D eigenvalue weighted by atomic mass is 35.5. The second-order valence-corrected chi connectivity index (χ2v) is 7.65. The Bertz CT molecular complexity index is 719. The number of hydrogen-bond acceptors (Lipinski definition) is 5. The van der Waals surface area contributed by atoms with Crippen molar-refractivity contribution in [1.29, 1.82) is 5.26 Å². The molecule has 1 aromatic carbocycles. The molecule has 1 amide bonds. The van der Waals surface area contributed by atoms with Crippen molar-refractivity contribution in [1.82, 2.24) is 5.32 Å². The van der Waals surface area contributed by atoms with Crippen molar-refractivity contribution in [2.75, 3.05) is 26.1 Å². The number of anilines is 1. The minimum Gasteiger partial charge on any atom is -0.380 e. The number of likely N-dealkylation sites (N-methyl/N-ethyl adjacent to an activating group) is 1. The van der Waals surface area contributed by atoms with Crippen molar-refractivity contribution >= 4 is 29.5 Å². The molecule has 1 aromatic rings. The van der Waals surface area contributed by atoms with E-state index in [0.29, 0.717) is 17.7 Å². The summed E-state index contributed by atoms with van der Waals surface area (Å²) in [6.45, 7) is 5.72. The molecule has 0 aliphatic heterocycles. The molecular weight excluding hydrogens is 378 g/mol. The van der Waals surface area contributed by atoms with E-state index < -0.39 is 11.8 Å². The fraction of sp³-hybridized carbons (Fsp3) is 0.571. The minimum atomic E-state index is -0.489. The van der Waals surface area contributed by atoms with E-state index in [-0.39, 0.29) is 29.0 Å². The lowest BCUT2D eigenvalue weighted by molar-refractivity contribution is -0.129. The fourth-order valence-electron chi connectivity index (χ4n) is 3.48. The molecule has 0 fully saturated rings. The zero-order chi connectivity index (χ0) is 21.4. The Hall–Kier alpha value is -1.94. The maximum absolute atomic E-state index is 13.3. The highest BCUT2D eigenvalue weighted by molar-refractivity contribution is 6.32. The number of carbonyl (C=O) groups is 2. The third-order valence-corrected chi connectivity index (χ3v) is 5.72. The average Bonchev–Trinajstić information content (AvgIpc) is 2.70. The molecule has 6 nitrogen and oxygen atoms in total. The van der Waals surface area contributed by atoms with Crippen LogP contribution in [-0.4, -0.2) is 45.5 Å². The molecule has 7 heteroatoms. The number of nitrogens with zero attached hydrogens (tertiary/aromatic N) is 2. The summed E-state index contributed by atoms with van der Waals surface area (Å²) in [7, 11) is 5.17. The van der Waals surface area contributed by atoms with E-state index >= 15 is 0 Å². The van der Waals surface area contributed by atoms with Crippen LogP contribution in [0.4, 0.5) is 5.69 Å². The van der Waals surface area contributed by atoms with Gasteiger partial charge >= 0.3 is 0 Å². The normalized spacial score (nSPS) is 16.4. The van der Waals surface area contributed by atoms with Crippen molar-refractivity contribution < 1.29 is 14.3 Å². The van der Waals surface area contributed by atoms with Crippen LogP contribution in [0.25, 0.3) is 0 Å². The van der Waals surface area contributed by atoms with E-state index in [4.69, 9.17) is 21.6 Å². The van der Waals surface area contributed by atoms with Gasteiger partial charge in [-0.05, 0) is 44.5 Å². The van der Waals surface area contributed by atoms with E-state index in [9.17, 15) is 9.59 Å². The summed E-state index contributed by atoms with van der Waals surface area (Å²) < 4.78 is 5.41. The Morgan fingerprint density at radius 1 is 1.39 bits per heavy atom. The van der Waals surface area contributed by atoms with Gasteiger partial charge in [0.25, 0.3) is 0 Å². The Kier molecular flexibility index (Phi) is 9.60. The standard InChI is InChI=1S/C21H30ClN3O3/c1-13(9-19(24-4)15(3)28-6)20(14(2)12-26)21(27)25(5)17-8-7-16(11-23)18(22)10-17/h7-8,10,12-15,19-20,24H,9H2,1-6H3/t13?,14-,15?,19?,20-/m0/s1. The molecule has 154 valence electrons. The predicted octanol–water partition coefficient (Wildman–Crippen LogP) is 3.27. The number of hydrogen-bond donors (Lipinski definition) is 1. The van der Waals surface area contributed by atoms with Crippen molar-refractivity contribution in [3.8, 4) is 6.07 Å². The van der Waals surface area contributed by atoms with Gasteiger partial charge in [-0.15, -0.1) is 0 Å². The smallest absolute Gasteiger partial charge is 0.230 e. The van der Waals surface area contributed by atoms with Gasteiger partial charge in [-0.2, -0.15) is 5.26 Å². The van der Waals surface area contributed by atoms with Crippen LogP contribution in [0.2, 0.25) is 5.02 Å². The molecule has 5 atom stereocenters. The van der Waals surface area contributed by atoms with Crippen LogP contribution in [0.5, 0.6) is 0 Å². The van der Waals surface area contributed by atoms with Crippen LogP contribution < -0.4 is 10.2 Å². The molecule has 0 radical (unpaired) electrons. The molecular formula is C21H30ClN3O3. The van der Waals surface area contributed by atoms with E-state index in [2.05, 4.69) is 5.32 Å².